The maximum atomic E-state index is 13.1. The number of carbonyl (C=O) groups excluding carboxylic acids is 3. The Bertz CT molecular complexity index is 1030. The maximum absolute atomic E-state index is 13.1. The number of fused-ring (bicyclic) bond motifs is 1. The number of benzene rings is 2. The molecule has 0 aliphatic carbocycles. The number of hydrazine groups is 1. The van der Waals surface area contributed by atoms with Gasteiger partial charge in [0.25, 0.3) is 0 Å². The van der Waals surface area contributed by atoms with E-state index in [1.165, 1.54) is 22.7 Å². The summed E-state index contributed by atoms with van der Waals surface area (Å²) in [5.74, 6) is -0.315. The van der Waals surface area contributed by atoms with E-state index in [0.29, 0.717) is 19.5 Å². The lowest BCUT2D eigenvalue weighted by Crippen LogP contribution is -2.73. The molecule has 2 aliphatic rings. The van der Waals surface area contributed by atoms with Crippen LogP contribution in [0, 0.1) is 12.7 Å². The number of aryl methyl sites for hydroxylation is 1. The van der Waals surface area contributed by atoms with Crippen LogP contribution in [0.15, 0.2) is 48.5 Å². The Labute approximate surface area is 212 Å². The normalized spacial score (nSPS) is 20.1. The number of nitrogens with one attached hydrogen (secondary N) is 1. The summed E-state index contributed by atoms with van der Waals surface area (Å²) in [6.45, 7) is 5.73. The third kappa shape index (κ3) is 6.47. The Balaban J connectivity index is 0.000000303. The highest BCUT2D eigenvalue weighted by Gasteiger charge is 2.48. The summed E-state index contributed by atoms with van der Waals surface area (Å²) in [6.07, 6.45) is 1.69. The highest BCUT2D eigenvalue weighted by atomic mass is 19.1. The van der Waals surface area contributed by atoms with Gasteiger partial charge in [-0.05, 0) is 43.7 Å². The van der Waals surface area contributed by atoms with E-state index in [1.54, 1.807) is 34.0 Å². The van der Waals surface area contributed by atoms with Crippen molar-refractivity contribution in [2.45, 2.75) is 52.0 Å². The Morgan fingerprint density at radius 1 is 1.06 bits per heavy atom. The van der Waals surface area contributed by atoms with E-state index in [-0.39, 0.29) is 24.2 Å². The number of hydrogen-bond donors (Lipinski definition) is 1. The molecule has 2 aliphatic heterocycles. The Morgan fingerprint density at radius 2 is 1.69 bits per heavy atom. The average molecular weight is 498 g/mol. The van der Waals surface area contributed by atoms with E-state index in [1.807, 2.05) is 45.2 Å². The number of piperazine rings is 1. The van der Waals surface area contributed by atoms with Crippen LogP contribution in [0.1, 0.15) is 36.5 Å². The van der Waals surface area contributed by atoms with Gasteiger partial charge >= 0.3 is 0 Å². The van der Waals surface area contributed by atoms with Gasteiger partial charge in [-0.3, -0.25) is 19.4 Å². The summed E-state index contributed by atoms with van der Waals surface area (Å²) < 4.78 is 12.3. The molecule has 194 valence electrons. The van der Waals surface area contributed by atoms with Crippen molar-refractivity contribution in [2.24, 2.45) is 0 Å². The molecule has 2 aromatic carbocycles. The topological polar surface area (TPSA) is 76.2 Å². The number of amides is 3. The fraction of sp³-hybridized carbons (Fsp3) is 0.444. The highest BCUT2D eigenvalue weighted by molar-refractivity contribution is 5.90. The van der Waals surface area contributed by atoms with Crippen LogP contribution in [0.3, 0.4) is 0 Å². The molecule has 0 saturated carbocycles. The van der Waals surface area contributed by atoms with Crippen molar-refractivity contribution in [3.8, 4) is 0 Å². The number of rotatable bonds is 7. The third-order valence-corrected chi connectivity index (χ3v) is 6.45. The van der Waals surface area contributed by atoms with Crippen molar-refractivity contribution in [1.82, 2.24) is 25.1 Å². The molecular weight excluding hydrogens is 461 g/mol. The van der Waals surface area contributed by atoms with E-state index >= 15 is 0 Å². The summed E-state index contributed by atoms with van der Waals surface area (Å²) in [6, 6.07) is 14.0. The predicted molar refractivity (Wildman–Crippen MR) is 136 cm³/mol. The van der Waals surface area contributed by atoms with Gasteiger partial charge in [-0.2, -0.15) is 0 Å². The fourth-order valence-electron chi connectivity index (χ4n) is 4.60. The molecule has 2 atom stereocenters. The monoisotopic (exact) mass is 497 g/mol. The van der Waals surface area contributed by atoms with E-state index in [9.17, 15) is 18.8 Å². The smallest absolute Gasteiger partial charge is 0.245 e. The number of carbonyl (C=O) groups is 3. The largest absolute Gasteiger partial charge is 0.333 e. The van der Waals surface area contributed by atoms with Crippen LogP contribution in [-0.2, 0) is 27.5 Å². The van der Waals surface area contributed by atoms with Crippen LogP contribution in [0.2, 0.25) is 0 Å². The second-order valence-electron chi connectivity index (χ2n) is 9.25. The van der Waals surface area contributed by atoms with E-state index in [0.717, 1.165) is 30.5 Å². The zero-order chi connectivity index (χ0) is 26.2. The Hall–Kier alpha value is -3.30. The molecule has 1 N–H and O–H groups in total. The molecule has 0 radical (unpaired) electrons. The van der Waals surface area contributed by atoms with Crippen LogP contribution in [0.25, 0.3) is 0 Å². The molecule has 2 heterocycles. The van der Waals surface area contributed by atoms with Crippen molar-refractivity contribution in [2.75, 3.05) is 27.2 Å². The summed E-state index contributed by atoms with van der Waals surface area (Å²) in [5, 5.41) is 6.13. The van der Waals surface area contributed by atoms with E-state index in [2.05, 4.69) is 5.32 Å². The van der Waals surface area contributed by atoms with Crippen molar-refractivity contribution < 1.29 is 18.8 Å². The SMILES string of the molecule is CCC[C@H]1C(=O)N(Cc2ccc(C)cc2)CC2N1C(=O)CN(C)N2C=O.CNCc1ccc(F)cc1. The van der Waals surface area contributed by atoms with Crippen LogP contribution in [0.5, 0.6) is 0 Å². The number of hydrogen-bond acceptors (Lipinski definition) is 5. The molecule has 8 nitrogen and oxygen atoms in total. The summed E-state index contributed by atoms with van der Waals surface area (Å²) in [7, 11) is 3.59. The minimum Gasteiger partial charge on any atom is -0.333 e. The first-order chi connectivity index (χ1) is 17.3. The molecule has 1 unspecified atom stereocenters. The van der Waals surface area contributed by atoms with Crippen LogP contribution < -0.4 is 5.32 Å². The lowest BCUT2D eigenvalue weighted by Gasteiger charge is -2.53. The minimum absolute atomic E-state index is 0.0348. The lowest BCUT2D eigenvalue weighted by molar-refractivity contribution is -0.197. The third-order valence-electron chi connectivity index (χ3n) is 6.45. The van der Waals surface area contributed by atoms with Gasteiger partial charge in [0.1, 0.15) is 18.0 Å². The van der Waals surface area contributed by atoms with Crippen molar-refractivity contribution in [3.05, 3.63) is 71.0 Å². The van der Waals surface area contributed by atoms with Gasteiger partial charge in [0.05, 0.1) is 13.1 Å². The van der Waals surface area contributed by atoms with Crippen LogP contribution >= 0.6 is 0 Å². The zero-order valence-corrected chi connectivity index (χ0v) is 21.5. The first kappa shape index (κ1) is 27.3. The molecule has 3 amide bonds. The van der Waals surface area contributed by atoms with Gasteiger partial charge in [-0.1, -0.05) is 55.3 Å². The van der Waals surface area contributed by atoms with Gasteiger partial charge in [0.2, 0.25) is 18.2 Å². The standard InChI is InChI=1S/C19H26N4O3.C8H10FN/c1-4-5-16-19(26)21(10-15-8-6-14(2)7-9-15)11-17-22(13-24)20(3)12-18(25)23(16)17;1-10-6-7-2-4-8(9)5-3-7/h6-9,13,16-17H,4-5,10-12H2,1-3H3;2-5,10H,6H2,1H3/t16-,17?;/m0./s1. The summed E-state index contributed by atoms with van der Waals surface area (Å²) >= 11 is 0. The highest BCUT2D eigenvalue weighted by Crippen LogP contribution is 2.27. The van der Waals surface area contributed by atoms with Gasteiger partial charge < -0.3 is 15.1 Å². The Morgan fingerprint density at radius 3 is 2.28 bits per heavy atom. The first-order valence-corrected chi connectivity index (χ1v) is 12.3. The van der Waals surface area contributed by atoms with Crippen molar-refractivity contribution >= 4 is 18.2 Å². The van der Waals surface area contributed by atoms with Gasteiger partial charge in [0, 0.05) is 20.1 Å². The number of nitrogens with zero attached hydrogens (tertiary/aromatic N) is 4. The molecule has 0 spiro atoms. The van der Waals surface area contributed by atoms with Gasteiger partial charge in [-0.15, -0.1) is 0 Å². The van der Waals surface area contributed by atoms with E-state index < -0.39 is 12.2 Å². The summed E-state index contributed by atoms with van der Waals surface area (Å²) in [5.41, 5.74) is 3.31. The lowest BCUT2D eigenvalue weighted by atomic mass is 10.0. The van der Waals surface area contributed by atoms with Crippen LogP contribution in [-0.4, -0.2) is 77.4 Å². The average Bonchev–Trinajstić information content (AvgIpc) is 2.85. The van der Waals surface area contributed by atoms with E-state index in [4.69, 9.17) is 0 Å². The molecule has 0 bridgehead atoms. The molecular formula is C27H36FN5O3. The first-order valence-electron chi connectivity index (χ1n) is 12.3. The molecule has 0 aromatic heterocycles. The number of halogens is 1. The summed E-state index contributed by atoms with van der Waals surface area (Å²) in [4.78, 5) is 40.7. The zero-order valence-electron chi connectivity index (χ0n) is 21.5. The van der Waals surface area contributed by atoms with Crippen LogP contribution in [0.4, 0.5) is 4.39 Å². The molecule has 9 heteroatoms. The molecule has 2 saturated heterocycles. The predicted octanol–water partition coefficient (Wildman–Crippen LogP) is 2.52. The Kier molecular flexibility index (Phi) is 9.55. The second kappa shape index (κ2) is 12.6. The molecule has 2 fully saturated rings. The minimum atomic E-state index is -0.507. The fourth-order valence-corrected chi connectivity index (χ4v) is 4.60. The quantitative estimate of drug-likeness (QED) is 0.595. The molecule has 4 rings (SSSR count). The maximum Gasteiger partial charge on any atom is 0.245 e. The van der Waals surface area contributed by atoms with Gasteiger partial charge in [0.15, 0.2) is 0 Å². The van der Waals surface area contributed by atoms with Crippen molar-refractivity contribution in [1.29, 1.82) is 0 Å². The second-order valence-corrected chi connectivity index (χ2v) is 9.25. The van der Waals surface area contributed by atoms with Gasteiger partial charge in [-0.25, -0.2) is 9.40 Å². The molecule has 36 heavy (non-hydrogen) atoms. The van der Waals surface area contributed by atoms with Crippen molar-refractivity contribution in [3.63, 3.8) is 0 Å². The molecule has 2 aromatic rings. The number of likely N-dealkylation sites (N-methyl/N-ethyl adjacent to an activating group) is 1.